The second-order valence-corrected chi connectivity index (χ2v) is 7.51. The summed E-state index contributed by atoms with van der Waals surface area (Å²) in [6.07, 6.45) is 5.65. The van der Waals surface area contributed by atoms with Crippen LogP contribution in [0.3, 0.4) is 0 Å². The highest BCUT2D eigenvalue weighted by Gasteiger charge is 2.24. The summed E-state index contributed by atoms with van der Waals surface area (Å²) in [6.45, 7) is 4.07. The summed E-state index contributed by atoms with van der Waals surface area (Å²) in [6, 6.07) is 5.35. The molecule has 0 spiro atoms. The zero-order valence-electron chi connectivity index (χ0n) is 15.5. The molecule has 4 rings (SSSR count). The molecule has 6 nitrogen and oxygen atoms in total. The van der Waals surface area contributed by atoms with E-state index in [0.717, 1.165) is 56.0 Å². The Morgan fingerprint density at radius 1 is 1.30 bits per heavy atom. The molecule has 1 unspecified atom stereocenters. The minimum Gasteiger partial charge on any atom is -0.371 e. The summed E-state index contributed by atoms with van der Waals surface area (Å²) >= 11 is 0. The van der Waals surface area contributed by atoms with Crippen LogP contribution in [0.5, 0.6) is 0 Å². The van der Waals surface area contributed by atoms with E-state index in [1.54, 1.807) is 12.3 Å². The number of nitrogens with one attached hydrogen (secondary N) is 1. The van der Waals surface area contributed by atoms with E-state index >= 15 is 0 Å². The monoisotopic (exact) mass is 371 g/mol. The number of nitrogens with zero attached hydrogens (tertiary/aromatic N) is 3. The molecule has 2 aliphatic heterocycles. The van der Waals surface area contributed by atoms with Crippen LogP contribution in [-0.2, 0) is 19.5 Å². The Bertz CT molecular complexity index is 828. The van der Waals surface area contributed by atoms with E-state index < -0.39 is 5.91 Å². The minimum absolute atomic E-state index is 0.148. The van der Waals surface area contributed by atoms with Crippen LogP contribution in [-0.4, -0.2) is 35.3 Å². The predicted molar refractivity (Wildman–Crippen MR) is 102 cm³/mol. The van der Waals surface area contributed by atoms with Crippen molar-refractivity contribution in [1.82, 2.24) is 15.1 Å². The van der Waals surface area contributed by atoms with Gasteiger partial charge in [-0.1, -0.05) is 6.07 Å². The van der Waals surface area contributed by atoms with Gasteiger partial charge in [0.1, 0.15) is 5.82 Å². The number of hydrogen-bond donors (Lipinski definition) is 2. The van der Waals surface area contributed by atoms with Crippen LogP contribution in [0.1, 0.15) is 40.9 Å². The summed E-state index contributed by atoms with van der Waals surface area (Å²) in [5.74, 6) is -0.189. The smallest absolute Gasteiger partial charge is 0.252 e. The first-order valence-corrected chi connectivity index (χ1v) is 9.71. The van der Waals surface area contributed by atoms with Gasteiger partial charge in [0, 0.05) is 37.4 Å². The van der Waals surface area contributed by atoms with Gasteiger partial charge in [0.25, 0.3) is 5.91 Å². The van der Waals surface area contributed by atoms with Gasteiger partial charge in [0.15, 0.2) is 0 Å². The summed E-state index contributed by atoms with van der Waals surface area (Å²) in [7, 11) is 0. The summed E-state index contributed by atoms with van der Waals surface area (Å²) in [5, 5.41) is 7.68. The maximum atomic E-state index is 14.4. The van der Waals surface area contributed by atoms with Crippen LogP contribution >= 0.6 is 0 Å². The fraction of sp³-hybridized carbons (Fsp3) is 0.500. The summed E-state index contributed by atoms with van der Waals surface area (Å²) in [5.41, 5.74) is 8.64. The van der Waals surface area contributed by atoms with E-state index in [4.69, 9.17) is 5.73 Å². The molecule has 2 aliphatic rings. The Hall–Kier alpha value is -2.41. The molecular weight excluding hydrogens is 345 g/mol. The van der Waals surface area contributed by atoms with E-state index in [1.807, 2.05) is 10.7 Å². The zero-order chi connectivity index (χ0) is 18.8. The Kier molecular flexibility index (Phi) is 5.11. The molecule has 3 heterocycles. The second kappa shape index (κ2) is 7.68. The lowest BCUT2D eigenvalue weighted by molar-refractivity contribution is 0.0998. The van der Waals surface area contributed by atoms with Crippen LogP contribution in [0.15, 0.2) is 24.4 Å². The number of aryl methyl sites for hydroxylation is 1. The van der Waals surface area contributed by atoms with E-state index in [2.05, 4.69) is 15.3 Å². The third-order valence-corrected chi connectivity index (χ3v) is 5.72. The standard InChI is InChI=1S/C20H26FN5O/c21-17-4-3-5-18(25-7-1-2-8-25)15(17)12-23-11-14-6-9-26-19(10-14)16(13-24-26)20(22)27/h3-5,13-14,23H,1-2,6-12H2,(H2,22,27). The first-order chi connectivity index (χ1) is 13.1. The van der Waals surface area contributed by atoms with Gasteiger partial charge in [-0.3, -0.25) is 9.48 Å². The molecule has 1 amide bonds. The van der Waals surface area contributed by atoms with Crippen LogP contribution in [0.25, 0.3) is 0 Å². The molecule has 1 saturated heterocycles. The topological polar surface area (TPSA) is 76.2 Å². The molecule has 0 bridgehead atoms. The van der Waals surface area contributed by atoms with E-state index in [-0.39, 0.29) is 5.82 Å². The van der Waals surface area contributed by atoms with Crippen molar-refractivity contribution in [2.45, 2.75) is 38.8 Å². The lowest BCUT2D eigenvalue weighted by Gasteiger charge is -2.25. The number of nitrogens with two attached hydrogens (primary N) is 1. The highest BCUT2D eigenvalue weighted by Crippen LogP contribution is 2.27. The number of aromatic nitrogens is 2. The van der Waals surface area contributed by atoms with Gasteiger partial charge in [-0.2, -0.15) is 5.10 Å². The molecule has 0 radical (unpaired) electrons. The Labute approximate surface area is 158 Å². The largest absolute Gasteiger partial charge is 0.371 e. The van der Waals surface area contributed by atoms with Crippen molar-refractivity contribution < 1.29 is 9.18 Å². The molecule has 0 saturated carbocycles. The van der Waals surface area contributed by atoms with Gasteiger partial charge in [0.05, 0.1) is 17.5 Å². The molecule has 1 atom stereocenters. The molecule has 1 aromatic heterocycles. The highest BCUT2D eigenvalue weighted by molar-refractivity contribution is 5.93. The summed E-state index contributed by atoms with van der Waals surface area (Å²) < 4.78 is 16.3. The number of fused-ring (bicyclic) bond motifs is 1. The van der Waals surface area contributed by atoms with Crippen LogP contribution in [0.2, 0.25) is 0 Å². The van der Waals surface area contributed by atoms with E-state index in [9.17, 15) is 9.18 Å². The molecule has 1 aromatic carbocycles. The molecule has 7 heteroatoms. The van der Waals surface area contributed by atoms with Crippen molar-refractivity contribution >= 4 is 11.6 Å². The minimum atomic E-state index is -0.425. The van der Waals surface area contributed by atoms with Gasteiger partial charge in [-0.05, 0) is 50.3 Å². The van der Waals surface area contributed by atoms with Crippen molar-refractivity contribution in [3.05, 3.63) is 47.0 Å². The fourth-order valence-electron chi connectivity index (χ4n) is 4.26. The van der Waals surface area contributed by atoms with Gasteiger partial charge in [-0.15, -0.1) is 0 Å². The van der Waals surface area contributed by atoms with Crippen LogP contribution in [0, 0.1) is 11.7 Å². The molecule has 2 aromatic rings. The average Bonchev–Trinajstić information content (AvgIpc) is 3.32. The molecule has 1 fully saturated rings. The third kappa shape index (κ3) is 3.69. The third-order valence-electron chi connectivity index (χ3n) is 5.72. The number of carbonyl (C=O) groups is 1. The normalized spacial score (nSPS) is 19.3. The molecule has 144 valence electrons. The number of primary amides is 1. The number of benzene rings is 1. The number of halogens is 1. The second-order valence-electron chi connectivity index (χ2n) is 7.51. The number of carbonyl (C=O) groups excluding carboxylic acids is 1. The van der Waals surface area contributed by atoms with E-state index in [0.29, 0.717) is 18.0 Å². The lowest BCUT2D eigenvalue weighted by Crippen LogP contribution is -2.31. The first-order valence-electron chi connectivity index (χ1n) is 9.71. The SMILES string of the molecule is NC(=O)c1cnn2c1CC(CNCc1c(F)cccc1N1CCCC1)CC2. The summed E-state index contributed by atoms with van der Waals surface area (Å²) in [4.78, 5) is 13.8. The fourth-order valence-corrected chi connectivity index (χ4v) is 4.26. The number of anilines is 1. The number of hydrogen-bond acceptors (Lipinski definition) is 4. The van der Waals surface area contributed by atoms with Crippen molar-refractivity contribution in [3.8, 4) is 0 Å². The van der Waals surface area contributed by atoms with Crippen LogP contribution in [0.4, 0.5) is 10.1 Å². The van der Waals surface area contributed by atoms with E-state index in [1.165, 1.54) is 18.9 Å². The molecule has 0 aliphatic carbocycles. The molecule has 27 heavy (non-hydrogen) atoms. The molecular formula is C20H26FN5O. The highest BCUT2D eigenvalue weighted by atomic mass is 19.1. The lowest BCUT2D eigenvalue weighted by atomic mass is 9.94. The Morgan fingerprint density at radius 2 is 2.11 bits per heavy atom. The van der Waals surface area contributed by atoms with Gasteiger partial charge < -0.3 is 16.0 Å². The zero-order valence-corrected chi connectivity index (χ0v) is 15.5. The quantitative estimate of drug-likeness (QED) is 0.815. The van der Waals surface area contributed by atoms with Gasteiger partial charge in [0.2, 0.25) is 0 Å². The number of amides is 1. The maximum absolute atomic E-state index is 14.4. The maximum Gasteiger partial charge on any atom is 0.252 e. The first kappa shape index (κ1) is 18.0. The van der Waals surface area contributed by atoms with Gasteiger partial charge >= 0.3 is 0 Å². The van der Waals surface area contributed by atoms with Gasteiger partial charge in [-0.25, -0.2) is 4.39 Å². The Morgan fingerprint density at radius 3 is 2.89 bits per heavy atom. The molecule has 3 N–H and O–H groups in total. The van der Waals surface area contributed by atoms with Crippen molar-refractivity contribution in [3.63, 3.8) is 0 Å². The van der Waals surface area contributed by atoms with Crippen molar-refractivity contribution in [1.29, 1.82) is 0 Å². The Balaban J connectivity index is 1.39. The van der Waals surface area contributed by atoms with Crippen molar-refractivity contribution in [2.75, 3.05) is 24.5 Å². The average molecular weight is 371 g/mol. The predicted octanol–water partition coefficient (Wildman–Crippen LogP) is 2.07. The van der Waals surface area contributed by atoms with Crippen molar-refractivity contribution in [2.24, 2.45) is 11.7 Å². The van der Waals surface area contributed by atoms with Crippen LogP contribution < -0.4 is 16.0 Å². The number of rotatable bonds is 6.